The summed E-state index contributed by atoms with van der Waals surface area (Å²) in [5.41, 5.74) is 0.919. The van der Waals surface area contributed by atoms with Crippen molar-refractivity contribution in [1.29, 1.82) is 0 Å². The Labute approximate surface area is 153 Å². The second kappa shape index (κ2) is 6.76. The smallest absolute Gasteiger partial charge is 0.321 e. The van der Waals surface area contributed by atoms with E-state index in [9.17, 15) is 9.18 Å². The average molecular weight is 373 g/mol. The summed E-state index contributed by atoms with van der Waals surface area (Å²) in [5, 5.41) is 7.11. The first-order chi connectivity index (χ1) is 12.6. The Morgan fingerprint density at radius 2 is 2.04 bits per heavy atom. The van der Waals surface area contributed by atoms with Crippen LogP contribution < -0.4 is 5.32 Å². The first kappa shape index (κ1) is 16.5. The number of rotatable bonds is 3. The molecular formula is C18H14ClFN4O2. The summed E-state index contributed by atoms with van der Waals surface area (Å²) < 4.78 is 18.9. The predicted molar refractivity (Wildman–Crippen MR) is 94.5 cm³/mol. The maximum Gasteiger partial charge on any atom is 0.321 e. The van der Waals surface area contributed by atoms with Crippen molar-refractivity contribution in [3.63, 3.8) is 0 Å². The van der Waals surface area contributed by atoms with Crippen LogP contribution in [0, 0.1) is 5.82 Å². The molecule has 1 saturated heterocycles. The normalized spacial score (nSPS) is 14.2. The van der Waals surface area contributed by atoms with Crippen LogP contribution in [0.25, 0.3) is 11.4 Å². The van der Waals surface area contributed by atoms with Crippen LogP contribution in [0.3, 0.4) is 0 Å². The predicted octanol–water partition coefficient (Wildman–Crippen LogP) is 4.16. The largest absolute Gasteiger partial charge is 0.339 e. The van der Waals surface area contributed by atoms with Crippen molar-refractivity contribution >= 4 is 23.3 Å². The van der Waals surface area contributed by atoms with E-state index in [4.69, 9.17) is 16.1 Å². The van der Waals surface area contributed by atoms with E-state index in [0.29, 0.717) is 29.8 Å². The minimum atomic E-state index is -0.471. The first-order valence-electron chi connectivity index (χ1n) is 8.00. The lowest BCUT2D eigenvalue weighted by Gasteiger charge is -2.36. The fourth-order valence-corrected chi connectivity index (χ4v) is 2.89. The standard InChI is InChI=1S/C18H14ClFN4O2/c19-13-5-3-4-11(8-13)16-22-17(26-23-16)12-9-24(10-12)18(25)21-15-7-2-1-6-14(15)20/h1-8,12H,9-10H2,(H,21,25). The van der Waals surface area contributed by atoms with E-state index >= 15 is 0 Å². The van der Waals surface area contributed by atoms with Crippen molar-refractivity contribution in [2.75, 3.05) is 18.4 Å². The zero-order valence-corrected chi connectivity index (χ0v) is 14.3. The number of halogens is 2. The maximum absolute atomic E-state index is 13.6. The number of carbonyl (C=O) groups is 1. The van der Waals surface area contributed by atoms with Gasteiger partial charge in [0.2, 0.25) is 11.7 Å². The van der Waals surface area contributed by atoms with Crippen LogP contribution in [0.5, 0.6) is 0 Å². The summed E-state index contributed by atoms with van der Waals surface area (Å²) >= 11 is 5.97. The van der Waals surface area contributed by atoms with Crippen LogP contribution in [0.15, 0.2) is 53.1 Å². The molecule has 1 aromatic heterocycles. The molecule has 1 N–H and O–H groups in total. The highest BCUT2D eigenvalue weighted by Gasteiger charge is 2.36. The SMILES string of the molecule is O=C(Nc1ccccc1F)N1CC(c2nc(-c3cccc(Cl)c3)no2)C1. The van der Waals surface area contributed by atoms with Crippen LogP contribution in [0.2, 0.25) is 5.02 Å². The van der Waals surface area contributed by atoms with Crippen LogP contribution in [-0.4, -0.2) is 34.2 Å². The van der Waals surface area contributed by atoms with Crippen molar-refractivity contribution in [3.05, 3.63) is 65.3 Å². The number of likely N-dealkylation sites (tertiary alicyclic amines) is 1. The molecule has 0 spiro atoms. The molecule has 0 unspecified atom stereocenters. The molecule has 0 atom stereocenters. The Bertz CT molecular complexity index is 956. The zero-order chi connectivity index (χ0) is 18.1. The number of nitrogens with one attached hydrogen (secondary N) is 1. The van der Waals surface area contributed by atoms with Crippen molar-refractivity contribution in [1.82, 2.24) is 15.0 Å². The average Bonchev–Trinajstić information content (AvgIpc) is 3.05. The minimum Gasteiger partial charge on any atom is -0.339 e. The second-order valence-corrected chi connectivity index (χ2v) is 6.41. The molecule has 4 rings (SSSR count). The van der Waals surface area contributed by atoms with E-state index in [1.54, 1.807) is 29.2 Å². The Kier molecular flexibility index (Phi) is 4.30. The van der Waals surface area contributed by atoms with E-state index in [1.165, 1.54) is 12.1 Å². The van der Waals surface area contributed by atoms with E-state index in [0.717, 1.165) is 5.56 Å². The van der Waals surface area contributed by atoms with Gasteiger partial charge in [0.25, 0.3) is 0 Å². The third kappa shape index (κ3) is 3.25. The van der Waals surface area contributed by atoms with Gasteiger partial charge in [-0.05, 0) is 24.3 Å². The van der Waals surface area contributed by atoms with Crippen LogP contribution >= 0.6 is 11.6 Å². The molecule has 2 heterocycles. The molecule has 3 aromatic rings. The summed E-state index contributed by atoms with van der Waals surface area (Å²) in [6.45, 7) is 0.856. The van der Waals surface area contributed by atoms with Crippen LogP contribution in [0.1, 0.15) is 11.8 Å². The van der Waals surface area contributed by atoms with Gasteiger partial charge in [-0.1, -0.05) is 41.0 Å². The van der Waals surface area contributed by atoms with Gasteiger partial charge in [-0.15, -0.1) is 0 Å². The topological polar surface area (TPSA) is 71.3 Å². The number of benzene rings is 2. The van der Waals surface area contributed by atoms with E-state index in [1.807, 2.05) is 12.1 Å². The molecule has 0 aliphatic carbocycles. The summed E-state index contributed by atoms with van der Waals surface area (Å²) in [4.78, 5) is 18.1. The van der Waals surface area contributed by atoms with Gasteiger partial charge in [0, 0.05) is 23.7 Å². The van der Waals surface area contributed by atoms with E-state index < -0.39 is 5.82 Å². The number of carbonyl (C=O) groups excluding carboxylic acids is 1. The summed E-state index contributed by atoms with van der Waals surface area (Å²) in [5.74, 6) is 0.412. The molecule has 0 bridgehead atoms. The van der Waals surface area contributed by atoms with Crippen LogP contribution in [0.4, 0.5) is 14.9 Å². The Hall–Kier alpha value is -2.93. The van der Waals surface area contributed by atoms with E-state index in [-0.39, 0.29) is 17.6 Å². The molecule has 1 aliphatic rings. The Balaban J connectivity index is 1.38. The van der Waals surface area contributed by atoms with Gasteiger partial charge >= 0.3 is 6.03 Å². The van der Waals surface area contributed by atoms with Crippen molar-refractivity contribution < 1.29 is 13.7 Å². The lowest BCUT2D eigenvalue weighted by Crippen LogP contribution is -2.50. The number of amides is 2. The van der Waals surface area contributed by atoms with Gasteiger partial charge in [0.1, 0.15) is 5.82 Å². The van der Waals surface area contributed by atoms with Gasteiger partial charge in [0.05, 0.1) is 11.6 Å². The number of hydrogen-bond donors (Lipinski definition) is 1. The number of para-hydroxylation sites is 1. The van der Waals surface area contributed by atoms with Gasteiger partial charge in [0.15, 0.2) is 0 Å². The fourth-order valence-electron chi connectivity index (χ4n) is 2.70. The molecule has 1 fully saturated rings. The molecule has 132 valence electrons. The number of aromatic nitrogens is 2. The minimum absolute atomic E-state index is 0.0400. The highest BCUT2D eigenvalue weighted by Crippen LogP contribution is 2.29. The van der Waals surface area contributed by atoms with Gasteiger partial charge < -0.3 is 14.7 Å². The summed E-state index contributed by atoms with van der Waals surface area (Å²) in [6, 6.07) is 12.9. The summed E-state index contributed by atoms with van der Waals surface area (Å²) in [6.07, 6.45) is 0. The van der Waals surface area contributed by atoms with Crippen LogP contribution in [-0.2, 0) is 0 Å². The molecule has 1 aliphatic heterocycles. The number of nitrogens with zero attached hydrogens (tertiary/aromatic N) is 3. The molecule has 26 heavy (non-hydrogen) atoms. The second-order valence-electron chi connectivity index (χ2n) is 5.98. The molecule has 2 aromatic carbocycles. The highest BCUT2D eigenvalue weighted by molar-refractivity contribution is 6.30. The maximum atomic E-state index is 13.6. The molecule has 6 nitrogen and oxygen atoms in total. The van der Waals surface area contributed by atoms with E-state index in [2.05, 4.69) is 15.5 Å². The lowest BCUT2D eigenvalue weighted by molar-refractivity contribution is 0.147. The molecular weight excluding hydrogens is 359 g/mol. The summed E-state index contributed by atoms with van der Waals surface area (Å²) in [7, 11) is 0. The van der Waals surface area contributed by atoms with Gasteiger partial charge in [-0.2, -0.15) is 4.98 Å². The number of anilines is 1. The molecule has 8 heteroatoms. The number of hydrogen-bond acceptors (Lipinski definition) is 4. The molecule has 0 saturated carbocycles. The lowest BCUT2D eigenvalue weighted by atomic mass is 10.0. The molecule has 0 radical (unpaired) electrons. The third-order valence-corrected chi connectivity index (χ3v) is 4.39. The number of urea groups is 1. The van der Waals surface area contributed by atoms with Crippen molar-refractivity contribution in [2.45, 2.75) is 5.92 Å². The molecule has 2 amide bonds. The van der Waals surface area contributed by atoms with Gasteiger partial charge in [-0.25, -0.2) is 9.18 Å². The first-order valence-corrected chi connectivity index (χ1v) is 8.38. The quantitative estimate of drug-likeness (QED) is 0.749. The third-order valence-electron chi connectivity index (χ3n) is 4.16. The van der Waals surface area contributed by atoms with Crippen molar-refractivity contribution in [3.8, 4) is 11.4 Å². The zero-order valence-electron chi connectivity index (χ0n) is 13.5. The van der Waals surface area contributed by atoms with Gasteiger partial charge in [-0.3, -0.25) is 0 Å². The van der Waals surface area contributed by atoms with Crippen molar-refractivity contribution in [2.24, 2.45) is 0 Å². The Morgan fingerprint density at radius 1 is 1.23 bits per heavy atom. The fraction of sp³-hybridized carbons (Fsp3) is 0.167. The highest BCUT2D eigenvalue weighted by atomic mass is 35.5. The Morgan fingerprint density at radius 3 is 2.81 bits per heavy atom. The monoisotopic (exact) mass is 372 g/mol.